The van der Waals surface area contributed by atoms with Crippen LogP contribution in [-0.4, -0.2) is 51.8 Å². The molecule has 9 heteroatoms. The lowest BCUT2D eigenvalue weighted by Crippen LogP contribution is -2.46. The zero-order valence-corrected chi connectivity index (χ0v) is 24.2. The van der Waals surface area contributed by atoms with Gasteiger partial charge in [-0.1, -0.05) is 48.0 Å². The number of imidazole rings is 1. The fraction of sp³-hybridized carbons (Fsp3) is 0.273. The Labute approximate surface area is 249 Å². The number of pyridine rings is 1. The van der Waals surface area contributed by atoms with E-state index in [0.717, 1.165) is 66.6 Å². The van der Waals surface area contributed by atoms with E-state index in [1.165, 1.54) is 17.7 Å². The second-order valence-electron chi connectivity index (χ2n) is 10.6. The van der Waals surface area contributed by atoms with Crippen molar-refractivity contribution in [2.24, 2.45) is 0 Å². The summed E-state index contributed by atoms with van der Waals surface area (Å²) in [4.78, 5) is 9.56. The minimum atomic E-state index is -0.280. The van der Waals surface area contributed by atoms with Crippen LogP contribution in [0.5, 0.6) is 5.75 Å². The number of rotatable bonds is 10. The van der Waals surface area contributed by atoms with Crippen molar-refractivity contribution in [2.45, 2.75) is 26.1 Å². The van der Waals surface area contributed by atoms with Crippen LogP contribution in [0.15, 0.2) is 91.1 Å². The number of hydrogen-bond donors (Lipinski definition) is 1. The molecular formula is C33H34ClFN6O. The van der Waals surface area contributed by atoms with E-state index in [9.17, 15) is 4.39 Å². The summed E-state index contributed by atoms with van der Waals surface area (Å²) in [5, 5.41) is 9.79. The van der Waals surface area contributed by atoms with E-state index in [1.54, 1.807) is 12.1 Å². The highest BCUT2D eigenvalue weighted by Crippen LogP contribution is 2.21. The summed E-state index contributed by atoms with van der Waals surface area (Å²) in [6, 6.07) is 26.4. The highest BCUT2D eigenvalue weighted by molar-refractivity contribution is 6.31. The summed E-state index contributed by atoms with van der Waals surface area (Å²) in [6.45, 7) is 6.31. The normalized spacial score (nSPS) is 14.0. The third-order valence-electron chi connectivity index (χ3n) is 7.78. The fourth-order valence-electron chi connectivity index (χ4n) is 5.51. The molecule has 1 aliphatic rings. The van der Waals surface area contributed by atoms with Gasteiger partial charge in [0.25, 0.3) is 0 Å². The van der Waals surface area contributed by atoms with Crippen LogP contribution >= 0.6 is 11.6 Å². The fourth-order valence-corrected chi connectivity index (χ4v) is 5.70. The third kappa shape index (κ3) is 6.35. The van der Waals surface area contributed by atoms with Gasteiger partial charge >= 0.3 is 0 Å². The van der Waals surface area contributed by atoms with Crippen LogP contribution in [-0.2, 0) is 19.6 Å². The molecular weight excluding hydrogens is 551 g/mol. The van der Waals surface area contributed by atoms with Crippen LogP contribution in [0.3, 0.4) is 0 Å². The van der Waals surface area contributed by atoms with Gasteiger partial charge in [0.1, 0.15) is 17.4 Å². The van der Waals surface area contributed by atoms with Crippen molar-refractivity contribution in [1.29, 1.82) is 5.41 Å². The number of ether oxygens (including phenoxy) is 1. The smallest absolute Gasteiger partial charge is 0.203 e. The number of nitrogens with one attached hydrogen (secondary N) is 1. The molecule has 3 heterocycles. The molecule has 1 aliphatic heterocycles. The SMILES string of the molecule is N=c1n(CCCOc2ccc(F)cc2)c2ccccc2n1Cc1ccc(N2CCN(Cc3ccccc3Cl)CC2)nc1. The number of aryl methyl sites for hydroxylation is 1. The molecule has 0 unspecified atom stereocenters. The molecule has 0 radical (unpaired) electrons. The zero-order chi connectivity index (χ0) is 28.9. The van der Waals surface area contributed by atoms with E-state index in [0.29, 0.717) is 31.1 Å². The largest absolute Gasteiger partial charge is 0.494 e. The number of piperazine rings is 1. The van der Waals surface area contributed by atoms with E-state index in [-0.39, 0.29) is 5.82 Å². The monoisotopic (exact) mass is 584 g/mol. The average Bonchev–Trinajstić information content (AvgIpc) is 3.28. The number of fused-ring (bicyclic) bond motifs is 1. The molecule has 6 rings (SSSR count). The lowest BCUT2D eigenvalue weighted by molar-refractivity contribution is 0.249. The quantitative estimate of drug-likeness (QED) is 0.206. The summed E-state index contributed by atoms with van der Waals surface area (Å²) in [5.74, 6) is 1.35. The van der Waals surface area contributed by atoms with E-state index < -0.39 is 0 Å². The van der Waals surface area contributed by atoms with E-state index in [4.69, 9.17) is 26.7 Å². The summed E-state index contributed by atoms with van der Waals surface area (Å²) in [6.07, 6.45) is 2.66. The first kappa shape index (κ1) is 28.0. The van der Waals surface area contributed by atoms with Gasteiger partial charge < -0.3 is 18.8 Å². The average molecular weight is 585 g/mol. The Balaban J connectivity index is 1.08. The van der Waals surface area contributed by atoms with Crippen LogP contribution < -0.4 is 15.3 Å². The Bertz CT molecular complexity index is 1690. The highest BCUT2D eigenvalue weighted by Gasteiger charge is 2.19. The molecule has 0 saturated carbocycles. The van der Waals surface area contributed by atoms with Crippen molar-refractivity contribution in [3.8, 4) is 5.75 Å². The Morgan fingerprint density at radius 2 is 1.52 bits per heavy atom. The molecule has 0 amide bonds. The lowest BCUT2D eigenvalue weighted by Gasteiger charge is -2.35. The maximum absolute atomic E-state index is 13.1. The summed E-state index contributed by atoms with van der Waals surface area (Å²) in [7, 11) is 0. The Hall–Kier alpha value is -4.14. The number of aromatic nitrogens is 3. The first-order valence-electron chi connectivity index (χ1n) is 14.3. The first-order valence-corrected chi connectivity index (χ1v) is 14.7. The van der Waals surface area contributed by atoms with Gasteiger partial charge in [-0.25, -0.2) is 9.37 Å². The van der Waals surface area contributed by atoms with Gasteiger partial charge in [-0.2, -0.15) is 0 Å². The molecule has 1 fully saturated rings. The second-order valence-corrected chi connectivity index (χ2v) is 11.0. The molecule has 0 atom stereocenters. The van der Waals surface area contributed by atoms with Crippen molar-refractivity contribution in [1.82, 2.24) is 19.0 Å². The number of hydrogen-bond acceptors (Lipinski definition) is 5. The first-order chi connectivity index (χ1) is 20.5. The Morgan fingerprint density at radius 1 is 0.810 bits per heavy atom. The minimum Gasteiger partial charge on any atom is -0.494 e. The van der Waals surface area contributed by atoms with Gasteiger partial charge in [0, 0.05) is 50.5 Å². The predicted octanol–water partition coefficient (Wildman–Crippen LogP) is 5.95. The van der Waals surface area contributed by atoms with Gasteiger partial charge in [0.05, 0.1) is 24.2 Å². The standard InChI is InChI=1S/C33H34ClFN6O/c34-29-7-2-1-6-26(29)24-38-17-19-39(20-18-38)32-15-10-25(22-37-32)23-41-31-9-4-3-8-30(31)40(33(41)36)16-5-21-42-28-13-11-27(35)12-14-28/h1-4,6-15,22,36H,5,16-21,23-24H2. The summed E-state index contributed by atoms with van der Waals surface area (Å²) < 4.78 is 23.0. The van der Waals surface area contributed by atoms with Crippen LogP contribution in [0.1, 0.15) is 17.5 Å². The lowest BCUT2D eigenvalue weighted by atomic mass is 10.2. The molecule has 5 aromatic rings. The van der Waals surface area contributed by atoms with E-state index >= 15 is 0 Å². The van der Waals surface area contributed by atoms with Crippen molar-refractivity contribution in [3.63, 3.8) is 0 Å². The van der Waals surface area contributed by atoms with Crippen molar-refractivity contribution in [3.05, 3.63) is 119 Å². The maximum atomic E-state index is 13.1. The zero-order valence-electron chi connectivity index (χ0n) is 23.4. The van der Waals surface area contributed by atoms with Gasteiger partial charge in [-0.05, 0) is 66.1 Å². The van der Waals surface area contributed by atoms with Gasteiger partial charge in [-0.15, -0.1) is 0 Å². The predicted molar refractivity (Wildman–Crippen MR) is 165 cm³/mol. The number of halogens is 2. The molecule has 3 aromatic carbocycles. The number of benzene rings is 3. The van der Waals surface area contributed by atoms with Crippen molar-refractivity contribution < 1.29 is 9.13 Å². The molecule has 1 saturated heterocycles. The Morgan fingerprint density at radius 3 is 2.24 bits per heavy atom. The van der Waals surface area contributed by atoms with Crippen LogP contribution in [0, 0.1) is 11.2 Å². The summed E-state index contributed by atoms with van der Waals surface area (Å²) in [5.41, 5.74) is 4.69. The van der Waals surface area contributed by atoms with Crippen molar-refractivity contribution >= 4 is 28.5 Å². The molecule has 0 aliphatic carbocycles. The molecule has 0 spiro atoms. The molecule has 2 aromatic heterocycles. The Kier molecular flexibility index (Phi) is 8.53. The number of anilines is 1. The van der Waals surface area contributed by atoms with Gasteiger partial charge in [0.2, 0.25) is 5.62 Å². The molecule has 1 N–H and O–H groups in total. The molecule has 42 heavy (non-hydrogen) atoms. The van der Waals surface area contributed by atoms with Gasteiger partial charge in [0.15, 0.2) is 0 Å². The van der Waals surface area contributed by atoms with E-state index in [1.807, 2.05) is 45.7 Å². The molecule has 0 bridgehead atoms. The second kappa shape index (κ2) is 12.8. The van der Waals surface area contributed by atoms with E-state index in [2.05, 4.69) is 40.1 Å². The van der Waals surface area contributed by atoms with Gasteiger partial charge in [-0.3, -0.25) is 10.3 Å². The molecule has 216 valence electrons. The minimum absolute atomic E-state index is 0.280. The number of para-hydroxylation sites is 2. The summed E-state index contributed by atoms with van der Waals surface area (Å²) >= 11 is 6.36. The van der Waals surface area contributed by atoms with Crippen LogP contribution in [0.2, 0.25) is 5.02 Å². The van der Waals surface area contributed by atoms with Crippen LogP contribution in [0.4, 0.5) is 10.2 Å². The van der Waals surface area contributed by atoms with Crippen molar-refractivity contribution in [2.75, 3.05) is 37.7 Å². The topological polar surface area (TPSA) is 62.3 Å². The number of nitrogens with zero attached hydrogens (tertiary/aromatic N) is 5. The third-order valence-corrected chi connectivity index (χ3v) is 8.15. The maximum Gasteiger partial charge on any atom is 0.203 e. The van der Waals surface area contributed by atoms with Crippen LogP contribution in [0.25, 0.3) is 11.0 Å². The molecule has 7 nitrogen and oxygen atoms in total. The highest BCUT2D eigenvalue weighted by atomic mass is 35.5.